The topological polar surface area (TPSA) is 65.3 Å². The molecular weight excluding hydrogens is 524 g/mol. The van der Waals surface area contributed by atoms with Crippen molar-refractivity contribution in [2.75, 3.05) is 64.4 Å². The molecule has 1 aliphatic rings. The minimum Gasteiger partial charge on any atom is -0.467 e. The molecule has 2 aromatic rings. The second-order valence-electron chi connectivity index (χ2n) is 7.54. The molecule has 0 saturated carbocycles. The van der Waals surface area contributed by atoms with Gasteiger partial charge in [0.1, 0.15) is 18.2 Å². The minimum atomic E-state index is -0.136. The molecule has 32 heavy (non-hydrogen) atoms. The van der Waals surface area contributed by atoms with E-state index in [2.05, 4.69) is 25.4 Å². The normalized spacial score (nSPS) is 14.8. The Kier molecular flexibility index (Phi) is 12.4. The summed E-state index contributed by atoms with van der Waals surface area (Å²) >= 11 is 0. The van der Waals surface area contributed by atoms with Crippen molar-refractivity contribution in [1.29, 1.82) is 0 Å². The van der Waals surface area contributed by atoms with Gasteiger partial charge in [0.15, 0.2) is 5.96 Å². The van der Waals surface area contributed by atoms with Crippen LogP contribution in [0.3, 0.4) is 0 Å². The van der Waals surface area contributed by atoms with Crippen LogP contribution in [0.15, 0.2) is 52.1 Å². The zero-order chi connectivity index (χ0) is 21.7. The predicted molar refractivity (Wildman–Crippen MR) is 137 cm³/mol. The molecule has 1 aliphatic heterocycles. The number of anilines is 1. The number of rotatable bonds is 11. The molecule has 0 aliphatic carbocycles. The molecule has 9 heteroatoms. The summed E-state index contributed by atoms with van der Waals surface area (Å²) in [6, 6.07) is 10.8. The lowest BCUT2D eigenvalue weighted by molar-refractivity contribution is 0.105. The summed E-state index contributed by atoms with van der Waals surface area (Å²) in [5.41, 5.74) is 0.713. The van der Waals surface area contributed by atoms with Gasteiger partial charge in [-0.3, -0.25) is 9.89 Å². The van der Waals surface area contributed by atoms with Crippen molar-refractivity contribution in [2.24, 2.45) is 4.99 Å². The number of para-hydroxylation sites is 1. The van der Waals surface area contributed by atoms with Crippen molar-refractivity contribution in [2.45, 2.75) is 19.4 Å². The van der Waals surface area contributed by atoms with E-state index in [-0.39, 0.29) is 29.8 Å². The van der Waals surface area contributed by atoms with Gasteiger partial charge in [-0.2, -0.15) is 0 Å². The Morgan fingerprint density at radius 2 is 1.81 bits per heavy atom. The molecule has 2 N–H and O–H groups in total. The molecule has 1 saturated heterocycles. The Bertz CT molecular complexity index is 782. The Labute approximate surface area is 207 Å². The zero-order valence-electron chi connectivity index (χ0n) is 18.8. The molecule has 0 unspecified atom stereocenters. The number of benzene rings is 1. The zero-order valence-corrected chi connectivity index (χ0v) is 21.1. The molecule has 1 aromatic carbocycles. The third kappa shape index (κ3) is 8.95. The Morgan fingerprint density at radius 1 is 1.06 bits per heavy atom. The molecule has 0 amide bonds. The van der Waals surface area contributed by atoms with Crippen LogP contribution < -0.4 is 15.5 Å². The van der Waals surface area contributed by atoms with E-state index in [4.69, 9.17) is 9.15 Å². The summed E-state index contributed by atoms with van der Waals surface area (Å²) in [6.45, 7) is 7.50. The average molecular weight is 559 g/mol. The summed E-state index contributed by atoms with van der Waals surface area (Å²) < 4.78 is 24.8. The third-order valence-corrected chi connectivity index (χ3v) is 5.31. The van der Waals surface area contributed by atoms with Crippen LogP contribution in [0, 0.1) is 5.82 Å². The van der Waals surface area contributed by atoms with Crippen LogP contribution in [-0.4, -0.2) is 70.3 Å². The number of nitrogens with one attached hydrogen (secondary N) is 2. The highest BCUT2D eigenvalue weighted by Gasteiger charge is 2.18. The number of hydrogen-bond donors (Lipinski definition) is 2. The molecule has 0 bridgehead atoms. The molecule has 7 nitrogen and oxygen atoms in total. The summed E-state index contributed by atoms with van der Waals surface area (Å²) in [5.74, 6) is 1.53. The maximum atomic E-state index is 13.9. The summed E-state index contributed by atoms with van der Waals surface area (Å²) in [4.78, 5) is 8.83. The van der Waals surface area contributed by atoms with Crippen molar-refractivity contribution < 1.29 is 13.5 Å². The van der Waals surface area contributed by atoms with Crippen molar-refractivity contribution in [3.05, 3.63) is 54.2 Å². The van der Waals surface area contributed by atoms with E-state index in [1.807, 2.05) is 24.3 Å². The van der Waals surface area contributed by atoms with Gasteiger partial charge < -0.3 is 24.7 Å². The van der Waals surface area contributed by atoms with Gasteiger partial charge >= 0.3 is 0 Å². The molecular formula is C23H35FIN5O2. The Balaban J connectivity index is 0.00000363. The minimum absolute atomic E-state index is 0. The highest BCUT2D eigenvalue weighted by atomic mass is 127. The molecule has 0 atom stereocenters. The number of piperazine rings is 1. The van der Waals surface area contributed by atoms with Crippen LogP contribution >= 0.6 is 24.0 Å². The molecule has 1 fully saturated rings. The standard InChI is InChI=1S/C23H34FN5O2.HI/c1-25-23(27-11-6-17-30-19-20-7-4-18-31-20)26-10-5-12-28-13-15-29(16-14-28)22-9-3-2-8-21(22)24;/h2-4,7-9,18H,5-6,10-17,19H2,1H3,(H2,25,26,27);1H. The maximum Gasteiger partial charge on any atom is 0.190 e. The van der Waals surface area contributed by atoms with E-state index in [0.717, 1.165) is 70.4 Å². The van der Waals surface area contributed by atoms with Crippen molar-refractivity contribution in [1.82, 2.24) is 15.5 Å². The number of guanidine groups is 1. The van der Waals surface area contributed by atoms with Crippen LogP contribution in [0.5, 0.6) is 0 Å². The van der Waals surface area contributed by atoms with Gasteiger partial charge in [-0.25, -0.2) is 4.39 Å². The first-order chi connectivity index (χ1) is 15.3. The highest BCUT2D eigenvalue weighted by Crippen LogP contribution is 2.20. The average Bonchev–Trinajstić information content (AvgIpc) is 3.32. The lowest BCUT2D eigenvalue weighted by Gasteiger charge is -2.36. The Hall–Kier alpha value is -1.85. The molecule has 1 aromatic heterocycles. The van der Waals surface area contributed by atoms with Crippen LogP contribution in [-0.2, 0) is 11.3 Å². The monoisotopic (exact) mass is 559 g/mol. The summed E-state index contributed by atoms with van der Waals surface area (Å²) in [5, 5.41) is 6.67. The number of ether oxygens (including phenoxy) is 1. The number of nitrogens with zero attached hydrogens (tertiary/aromatic N) is 3. The van der Waals surface area contributed by atoms with E-state index in [1.54, 1.807) is 19.4 Å². The lowest BCUT2D eigenvalue weighted by Crippen LogP contribution is -2.47. The predicted octanol–water partition coefficient (Wildman–Crippen LogP) is 3.32. The van der Waals surface area contributed by atoms with Gasteiger partial charge in [-0.15, -0.1) is 24.0 Å². The highest BCUT2D eigenvalue weighted by molar-refractivity contribution is 14.0. The number of aliphatic imine (C=N–C) groups is 1. The van der Waals surface area contributed by atoms with E-state index >= 15 is 0 Å². The molecule has 0 spiro atoms. The number of hydrogen-bond acceptors (Lipinski definition) is 5. The third-order valence-electron chi connectivity index (χ3n) is 5.31. The number of furan rings is 1. The fraction of sp³-hybridized carbons (Fsp3) is 0.522. The number of halogens is 2. The van der Waals surface area contributed by atoms with E-state index in [1.165, 1.54) is 6.07 Å². The second-order valence-corrected chi connectivity index (χ2v) is 7.54. The Morgan fingerprint density at radius 3 is 2.50 bits per heavy atom. The van der Waals surface area contributed by atoms with E-state index in [0.29, 0.717) is 18.9 Å². The van der Waals surface area contributed by atoms with Crippen LogP contribution in [0.4, 0.5) is 10.1 Å². The van der Waals surface area contributed by atoms with Crippen molar-refractivity contribution in [3.8, 4) is 0 Å². The first-order valence-corrected chi connectivity index (χ1v) is 11.0. The van der Waals surface area contributed by atoms with Gasteiger partial charge in [0.2, 0.25) is 0 Å². The van der Waals surface area contributed by atoms with Gasteiger partial charge in [0.25, 0.3) is 0 Å². The molecule has 3 rings (SSSR count). The van der Waals surface area contributed by atoms with E-state index < -0.39 is 0 Å². The molecule has 2 heterocycles. The maximum absolute atomic E-state index is 13.9. The fourth-order valence-electron chi connectivity index (χ4n) is 3.60. The quantitative estimate of drug-likeness (QED) is 0.191. The van der Waals surface area contributed by atoms with Gasteiger partial charge in [-0.1, -0.05) is 12.1 Å². The second kappa shape index (κ2) is 15.1. The van der Waals surface area contributed by atoms with E-state index in [9.17, 15) is 4.39 Å². The first-order valence-electron chi connectivity index (χ1n) is 11.0. The first kappa shape index (κ1) is 26.4. The SMILES string of the molecule is CN=C(NCCCOCc1ccco1)NCCCN1CCN(c2ccccc2F)CC1.I. The molecule has 0 radical (unpaired) electrons. The summed E-state index contributed by atoms with van der Waals surface area (Å²) in [6.07, 6.45) is 3.59. The lowest BCUT2D eigenvalue weighted by atomic mass is 10.2. The van der Waals surface area contributed by atoms with Crippen LogP contribution in [0.2, 0.25) is 0 Å². The smallest absolute Gasteiger partial charge is 0.190 e. The van der Waals surface area contributed by atoms with Gasteiger partial charge in [0.05, 0.1) is 12.0 Å². The van der Waals surface area contributed by atoms with Gasteiger partial charge in [-0.05, 0) is 43.7 Å². The fourth-order valence-corrected chi connectivity index (χ4v) is 3.60. The molecule has 178 valence electrons. The van der Waals surface area contributed by atoms with Crippen molar-refractivity contribution >= 4 is 35.6 Å². The van der Waals surface area contributed by atoms with Crippen LogP contribution in [0.1, 0.15) is 18.6 Å². The summed E-state index contributed by atoms with van der Waals surface area (Å²) in [7, 11) is 1.78. The largest absolute Gasteiger partial charge is 0.467 e. The van der Waals surface area contributed by atoms with Crippen LogP contribution in [0.25, 0.3) is 0 Å². The van der Waals surface area contributed by atoms with Crippen molar-refractivity contribution in [3.63, 3.8) is 0 Å². The van der Waals surface area contributed by atoms with Gasteiger partial charge in [0, 0.05) is 52.9 Å².